The molecule has 2 aliphatic rings. The van der Waals surface area contributed by atoms with Crippen LogP contribution >= 0.6 is 0 Å². The predicted molar refractivity (Wildman–Crippen MR) is 114 cm³/mol. The fourth-order valence-corrected chi connectivity index (χ4v) is 4.51. The van der Waals surface area contributed by atoms with E-state index in [1.807, 2.05) is 61.5 Å². The second-order valence-electron chi connectivity index (χ2n) is 8.37. The summed E-state index contributed by atoms with van der Waals surface area (Å²) in [4.78, 5) is 14.2. The number of carbonyl (C=O) groups is 1. The number of ether oxygens (including phenoxy) is 2. The second-order valence-corrected chi connectivity index (χ2v) is 8.37. The lowest BCUT2D eigenvalue weighted by Crippen LogP contribution is -2.31. The van der Waals surface area contributed by atoms with Gasteiger partial charge in [-0.2, -0.15) is 0 Å². The topological polar surface area (TPSA) is 38.8 Å². The Morgan fingerprint density at radius 3 is 2.45 bits per heavy atom. The van der Waals surface area contributed by atoms with Crippen molar-refractivity contribution in [3.8, 4) is 5.75 Å². The van der Waals surface area contributed by atoms with Gasteiger partial charge < -0.3 is 9.47 Å². The SMILES string of the molecule is C[C@H]1[C@@H](c2ccccc2)OC(=O)N1Cc1ccc(OCCC2CCCCC2)cc1. The van der Waals surface area contributed by atoms with E-state index in [1.165, 1.54) is 32.1 Å². The summed E-state index contributed by atoms with van der Waals surface area (Å²) in [6, 6.07) is 18.1. The molecule has 1 amide bonds. The van der Waals surface area contributed by atoms with Crippen LogP contribution in [-0.4, -0.2) is 23.6 Å². The molecule has 1 saturated carbocycles. The average molecular weight is 394 g/mol. The lowest BCUT2D eigenvalue weighted by atomic mass is 9.87. The normalized spacial score (nSPS) is 22.5. The van der Waals surface area contributed by atoms with Gasteiger partial charge in [-0.1, -0.05) is 74.6 Å². The number of benzene rings is 2. The van der Waals surface area contributed by atoms with Crippen molar-refractivity contribution in [2.24, 2.45) is 5.92 Å². The van der Waals surface area contributed by atoms with Crippen molar-refractivity contribution in [2.75, 3.05) is 6.61 Å². The number of nitrogens with zero attached hydrogens (tertiary/aromatic N) is 1. The zero-order valence-corrected chi connectivity index (χ0v) is 17.3. The van der Waals surface area contributed by atoms with E-state index < -0.39 is 0 Å². The molecule has 0 radical (unpaired) electrons. The highest BCUT2D eigenvalue weighted by Crippen LogP contribution is 2.33. The van der Waals surface area contributed by atoms with Crippen LogP contribution in [-0.2, 0) is 11.3 Å². The van der Waals surface area contributed by atoms with E-state index in [4.69, 9.17) is 9.47 Å². The first-order valence-corrected chi connectivity index (χ1v) is 10.9. The Morgan fingerprint density at radius 2 is 1.72 bits per heavy atom. The maximum Gasteiger partial charge on any atom is 0.411 e. The largest absolute Gasteiger partial charge is 0.494 e. The molecule has 1 saturated heterocycles. The highest BCUT2D eigenvalue weighted by atomic mass is 16.6. The van der Waals surface area contributed by atoms with Crippen molar-refractivity contribution in [1.29, 1.82) is 0 Å². The number of amides is 1. The highest BCUT2D eigenvalue weighted by molar-refractivity contribution is 5.71. The lowest BCUT2D eigenvalue weighted by Gasteiger charge is -2.22. The van der Waals surface area contributed by atoms with E-state index in [2.05, 4.69) is 0 Å². The van der Waals surface area contributed by atoms with Crippen molar-refractivity contribution in [1.82, 2.24) is 4.90 Å². The van der Waals surface area contributed by atoms with Crippen LogP contribution in [0.3, 0.4) is 0 Å². The summed E-state index contributed by atoms with van der Waals surface area (Å²) in [6.45, 7) is 3.38. The molecule has 0 unspecified atom stereocenters. The zero-order valence-electron chi connectivity index (χ0n) is 17.3. The molecule has 154 valence electrons. The summed E-state index contributed by atoms with van der Waals surface area (Å²) >= 11 is 0. The van der Waals surface area contributed by atoms with Gasteiger partial charge in [-0.15, -0.1) is 0 Å². The summed E-state index contributed by atoms with van der Waals surface area (Å²) in [5.74, 6) is 1.74. The smallest absolute Gasteiger partial charge is 0.411 e. The van der Waals surface area contributed by atoms with Gasteiger partial charge in [0.15, 0.2) is 0 Å². The Kier molecular flexibility index (Phi) is 6.38. The third-order valence-electron chi connectivity index (χ3n) is 6.32. The molecule has 2 aromatic carbocycles. The van der Waals surface area contributed by atoms with Crippen molar-refractivity contribution < 1.29 is 14.3 Å². The molecule has 1 aliphatic heterocycles. The molecule has 4 heteroatoms. The lowest BCUT2D eigenvalue weighted by molar-refractivity contribution is 0.130. The molecule has 4 nitrogen and oxygen atoms in total. The van der Waals surface area contributed by atoms with E-state index in [0.29, 0.717) is 6.54 Å². The second kappa shape index (κ2) is 9.34. The quantitative estimate of drug-likeness (QED) is 0.569. The fourth-order valence-electron chi connectivity index (χ4n) is 4.51. The summed E-state index contributed by atoms with van der Waals surface area (Å²) < 4.78 is 11.6. The Hall–Kier alpha value is -2.49. The van der Waals surface area contributed by atoms with Gasteiger partial charge in [-0.3, -0.25) is 4.90 Å². The van der Waals surface area contributed by atoms with Crippen molar-refractivity contribution in [3.05, 3.63) is 65.7 Å². The summed E-state index contributed by atoms with van der Waals surface area (Å²) in [6.07, 6.45) is 7.55. The Labute approximate surface area is 173 Å². The fraction of sp³-hybridized carbons (Fsp3) is 0.480. The first-order valence-electron chi connectivity index (χ1n) is 10.9. The Balaban J connectivity index is 1.29. The first-order chi connectivity index (χ1) is 14.2. The molecule has 0 aromatic heterocycles. The number of carbonyl (C=O) groups excluding carboxylic acids is 1. The van der Waals surface area contributed by atoms with Gasteiger partial charge in [0, 0.05) is 6.54 Å². The van der Waals surface area contributed by atoms with Crippen LogP contribution in [0.5, 0.6) is 5.75 Å². The van der Waals surface area contributed by atoms with E-state index >= 15 is 0 Å². The molecule has 2 fully saturated rings. The number of cyclic esters (lactones) is 1. The minimum atomic E-state index is -0.251. The maximum absolute atomic E-state index is 12.4. The minimum Gasteiger partial charge on any atom is -0.494 e. The van der Waals surface area contributed by atoms with Crippen LogP contribution in [0.25, 0.3) is 0 Å². The molecule has 0 spiro atoms. The summed E-state index contributed by atoms with van der Waals surface area (Å²) in [5.41, 5.74) is 2.12. The Morgan fingerprint density at radius 1 is 1.00 bits per heavy atom. The highest BCUT2D eigenvalue weighted by Gasteiger charge is 2.39. The number of hydrogen-bond acceptors (Lipinski definition) is 3. The molecule has 4 rings (SSSR count). The third kappa shape index (κ3) is 4.92. The molecule has 2 aromatic rings. The summed E-state index contributed by atoms with van der Waals surface area (Å²) in [7, 11) is 0. The van der Waals surface area contributed by atoms with Crippen molar-refractivity contribution >= 4 is 6.09 Å². The van der Waals surface area contributed by atoms with Crippen molar-refractivity contribution in [2.45, 2.75) is 64.1 Å². The van der Waals surface area contributed by atoms with E-state index in [0.717, 1.165) is 35.8 Å². The van der Waals surface area contributed by atoms with Crippen LogP contribution in [0.15, 0.2) is 54.6 Å². The van der Waals surface area contributed by atoms with Gasteiger partial charge in [-0.05, 0) is 42.5 Å². The first kappa shape index (κ1) is 19.8. The van der Waals surface area contributed by atoms with E-state index in [9.17, 15) is 4.79 Å². The number of rotatable bonds is 7. The predicted octanol–water partition coefficient (Wildman–Crippen LogP) is 6.12. The zero-order chi connectivity index (χ0) is 20.1. The summed E-state index contributed by atoms with van der Waals surface area (Å²) in [5, 5.41) is 0. The van der Waals surface area contributed by atoms with Gasteiger partial charge in [0.2, 0.25) is 0 Å². The Bertz CT molecular complexity index is 783. The molecule has 1 aliphatic carbocycles. The molecule has 0 bridgehead atoms. The van der Waals surface area contributed by atoms with Crippen molar-refractivity contribution in [3.63, 3.8) is 0 Å². The average Bonchev–Trinajstić information content (AvgIpc) is 3.05. The molecule has 2 atom stereocenters. The van der Waals surface area contributed by atoms with Crippen LogP contribution in [0.4, 0.5) is 4.79 Å². The standard InChI is InChI=1S/C25H31NO3/c1-19-24(22-10-6-3-7-11-22)29-25(27)26(19)18-21-12-14-23(15-13-21)28-17-16-20-8-4-2-5-9-20/h3,6-7,10-15,19-20,24H,2,4-5,8-9,16-18H2,1H3/t19-,24-/m0/s1. The third-order valence-corrected chi connectivity index (χ3v) is 6.32. The molecule has 1 heterocycles. The van der Waals surface area contributed by atoms with Gasteiger partial charge in [0.25, 0.3) is 0 Å². The van der Waals surface area contributed by atoms with Crippen LogP contribution in [0.2, 0.25) is 0 Å². The van der Waals surface area contributed by atoms with Crippen LogP contribution in [0.1, 0.15) is 62.7 Å². The monoisotopic (exact) mass is 393 g/mol. The molecular formula is C25H31NO3. The van der Waals surface area contributed by atoms with Gasteiger partial charge in [0.05, 0.1) is 12.6 Å². The van der Waals surface area contributed by atoms with E-state index in [1.54, 1.807) is 4.90 Å². The molecular weight excluding hydrogens is 362 g/mol. The minimum absolute atomic E-state index is 0.00341. The molecule has 29 heavy (non-hydrogen) atoms. The van der Waals surface area contributed by atoms with Gasteiger partial charge in [-0.25, -0.2) is 4.79 Å². The van der Waals surface area contributed by atoms with Gasteiger partial charge >= 0.3 is 6.09 Å². The molecule has 0 N–H and O–H groups in total. The van der Waals surface area contributed by atoms with Crippen LogP contribution < -0.4 is 4.74 Å². The van der Waals surface area contributed by atoms with Crippen LogP contribution in [0, 0.1) is 5.92 Å². The van der Waals surface area contributed by atoms with Gasteiger partial charge in [0.1, 0.15) is 11.9 Å². The maximum atomic E-state index is 12.4. The van der Waals surface area contributed by atoms with E-state index in [-0.39, 0.29) is 18.2 Å². The number of hydrogen-bond donors (Lipinski definition) is 0.